The molecule has 0 saturated heterocycles. The molecule has 118 valence electrons. The lowest BCUT2D eigenvalue weighted by atomic mass is 10.3. The number of methoxy groups -OCH3 is 1. The molecule has 0 aliphatic carbocycles. The van der Waals surface area contributed by atoms with Crippen LogP contribution >= 0.6 is 0 Å². The van der Waals surface area contributed by atoms with Crippen molar-refractivity contribution in [1.82, 2.24) is 9.62 Å². The van der Waals surface area contributed by atoms with Gasteiger partial charge in [0.15, 0.2) is 0 Å². The molecule has 0 heterocycles. The van der Waals surface area contributed by atoms with Gasteiger partial charge >= 0.3 is 0 Å². The Bertz CT molecular complexity index is 603. The lowest BCUT2D eigenvalue weighted by molar-refractivity contribution is -0.121. The summed E-state index contributed by atoms with van der Waals surface area (Å²) < 4.78 is 30.2. The highest BCUT2D eigenvalue weighted by Gasteiger charge is 2.23. The van der Waals surface area contributed by atoms with Crippen LogP contribution < -0.4 is 11.1 Å². The van der Waals surface area contributed by atoms with Crippen LogP contribution in [0.3, 0.4) is 0 Å². The van der Waals surface area contributed by atoms with E-state index in [-0.39, 0.29) is 22.9 Å². The number of hydrogen-bond donors (Lipinski definition) is 3. The number of nitrogen functional groups attached to an aromatic ring is 1. The third kappa shape index (κ3) is 4.59. The molecule has 0 aliphatic rings. The molecule has 1 rings (SSSR count). The molecule has 4 N–H and O–H groups in total. The van der Waals surface area contributed by atoms with Crippen LogP contribution in [-0.4, -0.2) is 57.6 Å². The maximum absolute atomic E-state index is 12.2. The van der Waals surface area contributed by atoms with Crippen molar-refractivity contribution in [2.24, 2.45) is 0 Å². The standard InChI is InChI=1S/C12H19N3O5S/c1-15(8-12(17)14-5-6-20-2)21(18,19)9-3-4-11(16)10(13)7-9/h3-4,7,16H,5-6,8,13H2,1-2H3,(H,14,17). The van der Waals surface area contributed by atoms with Crippen molar-refractivity contribution in [2.45, 2.75) is 4.90 Å². The summed E-state index contributed by atoms with van der Waals surface area (Å²) in [6.07, 6.45) is 0. The van der Waals surface area contributed by atoms with Crippen LogP contribution in [0.1, 0.15) is 0 Å². The zero-order valence-corrected chi connectivity index (χ0v) is 12.7. The first-order valence-electron chi connectivity index (χ1n) is 6.09. The number of phenolic OH excluding ortho intramolecular Hbond substituents is 1. The van der Waals surface area contributed by atoms with Gasteiger partial charge in [0.05, 0.1) is 23.7 Å². The van der Waals surface area contributed by atoms with E-state index in [0.717, 1.165) is 10.4 Å². The number of hydrogen-bond acceptors (Lipinski definition) is 6. The minimum Gasteiger partial charge on any atom is -0.506 e. The summed E-state index contributed by atoms with van der Waals surface area (Å²) >= 11 is 0. The molecule has 0 fully saturated rings. The number of benzene rings is 1. The molecule has 0 atom stereocenters. The number of sulfonamides is 1. The van der Waals surface area contributed by atoms with Gasteiger partial charge in [-0.05, 0) is 18.2 Å². The fourth-order valence-electron chi connectivity index (χ4n) is 1.51. The van der Waals surface area contributed by atoms with Gasteiger partial charge < -0.3 is 20.9 Å². The zero-order chi connectivity index (χ0) is 16.0. The third-order valence-electron chi connectivity index (χ3n) is 2.70. The number of aromatic hydroxyl groups is 1. The largest absolute Gasteiger partial charge is 0.506 e. The number of likely N-dealkylation sites (N-methyl/N-ethyl adjacent to an activating group) is 1. The van der Waals surface area contributed by atoms with Gasteiger partial charge in [-0.1, -0.05) is 0 Å². The van der Waals surface area contributed by atoms with Crippen LogP contribution in [0.25, 0.3) is 0 Å². The molecule has 9 heteroatoms. The molecule has 0 saturated carbocycles. The maximum Gasteiger partial charge on any atom is 0.243 e. The molecule has 0 spiro atoms. The Hall–Kier alpha value is -1.84. The fourth-order valence-corrected chi connectivity index (χ4v) is 2.67. The lowest BCUT2D eigenvalue weighted by Crippen LogP contribution is -2.39. The van der Waals surface area contributed by atoms with Crippen molar-refractivity contribution < 1.29 is 23.1 Å². The first kappa shape index (κ1) is 17.2. The van der Waals surface area contributed by atoms with Gasteiger partial charge in [-0.2, -0.15) is 4.31 Å². The number of amides is 1. The van der Waals surface area contributed by atoms with E-state index in [4.69, 9.17) is 10.5 Å². The van der Waals surface area contributed by atoms with Crippen molar-refractivity contribution in [1.29, 1.82) is 0 Å². The number of carbonyl (C=O) groups is 1. The summed E-state index contributed by atoms with van der Waals surface area (Å²) in [5.41, 5.74) is 5.43. The Kier molecular flexibility index (Phi) is 5.94. The van der Waals surface area contributed by atoms with Crippen molar-refractivity contribution in [2.75, 3.05) is 39.6 Å². The predicted molar refractivity (Wildman–Crippen MR) is 77.2 cm³/mol. The minimum absolute atomic E-state index is 0.0472. The second-order valence-corrected chi connectivity index (χ2v) is 6.37. The lowest BCUT2D eigenvalue weighted by Gasteiger charge is -2.17. The molecular formula is C12H19N3O5S. The fraction of sp³-hybridized carbons (Fsp3) is 0.417. The van der Waals surface area contributed by atoms with Crippen molar-refractivity contribution >= 4 is 21.6 Å². The molecule has 21 heavy (non-hydrogen) atoms. The average molecular weight is 317 g/mol. The third-order valence-corrected chi connectivity index (χ3v) is 4.50. The zero-order valence-electron chi connectivity index (χ0n) is 11.9. The minimum atomic E-state index is -3.85. The topological polar surface area (TPSA) is 122 Å². The Balaban J connectivity index is 2.77. The molecule has 0 bridgehead atoms. The molecule has 1 amide bonds. The number of anilines is 1. The Morgan fingerprint density at radius 2 is 2.14 bits per heavy atom. The number of nitrogens with two attached hydrogens (primary N) is 1. The van der Waals surface area contributed by atoms with Crippen LogP contribution in [0.5, 0.6) is 5.75 Å². The highest BCUT2D eigenvalue weighted by Crippen LogP contribution is 2.24. The van der Waals surface area contributed by atoms with Crippen molar-refractivity contribution in [3.8, 4) is 5.75 Å². The highest BCUT2D eigenvalue weighted by atomic mass is 32.2. The van der Waals surface area contributed by atoms with Crippen LogP contribution in [0.4, 0.5) is 5.69 Å². The first-order valence-corrected chi connectivity index (χ1v) is 7.53. The predicted octanol–water partition coefficient (Wildman–Crippen LogP) is -0.642. The van der Waals surface area contributed by atoms with E-state index >= 15 is 0 Å². The molecule has 0 aliphatic heterocycles. The van der Waals surface area contributed by atoms with Gasteiger partial charge in [-0.3, -0.25) is 4.79 Å². The molecule has 1 aromatic rings. The molecule has 0 aromatic heterocycles. The SMILES string of the molecule is COCCNC(=O)CN(C)S(=O)(=O)c1ccc(O)c(N)c1. The second kappa shape index (κ2) is 7.25. The quantitative estimate of drug-likeness (QED) is 0.349. The van der Waals surface area contributed by atoms with Gasteiger partial charge in [0, 0.05) is 20.7 Å². The van der Waals surface area contributed by atoms with E-state index in [1.165, 1.54) is 26.3 Å². The second-order valence-electron chi connectivity index (χ2n) is 4.32. The monoisotopic (exact) mass is 317 g/mol. The number of ether oxygens (including phenoxy) is 1. The molecule has 1 aromatic carbocycles. The van der Waals surface area contributed by atoms with Gasteiger partial charge in [0.1, 0.15) is 5.75 Å². The number of phenols is 1. The summed E-state index contributed by atoms with van der Waals surface area (Å²) in [5, 5.41) is 11.8. The van der Waals surface area contributed by atoms with E-state index in [2.05, 4.69) is 5.32 Å². The molecule has 8 nitrogen and oxygen atoms in total. The molecule has 0 radical (unpaired) electrons. The van der Waals surface area contributed by atoms with Gasteiger partial charge in [0.2, 0.25) is 15.9 Å². The van der Waals surface area contributed by atoms with Gasteiger partial charge in [0.25, 0.3) is 0 Å². The summed E-state index contributed by atoms with van der Waals surface area (Å²) in [6, 6.07) is 3.55. The number of carbonyl (C=O) groups excluding carboxylic acids is 1. The summed E-state index contributed by atoms with van der Waals surface area (Å²) in [4.78, 5) is 11.5. The maximum atomic E-state index is 12.2. The van der Waals surface area contributed by atoms with E-state index < -0.39 is 15.9 Å². The average Bonchev–Trinajstić information content (AvgIpc) is 2.41. The van der Waals surface area contributed by atoms with E-state index in [9.17, 15) is 18.3 Å². The number of nitrogens with zero attached hydrogens (tertiary/aromatic N) is 1. The number of nitrogens with one attached hydrogen (secondary N) is 1. The van der Waals surface area contributed by atoms with E-state index in [1.54, 1.807) is 0 Å². The van der Waals surface area contributed by atoms with Crippen molar-refractivity contribution in [3.05, 3.63) is 18.2 Å². The molecular weight excluding hydrogens is 298 g/mol. The summed E-state index contributed by atoms with van der Waals surface area (Å²) in [7, 11) is -1.07. The van der Waals surface area contributed by atoms with Crippen molar-refractivity contribution in [3.63, 3.8) is 0 Å². The van der Waals surface area contributed by atoms with Crippen LogP contribution in [0, 0.1) is 0 Å². The van der Waals surface area contributed by atoms with Crippen LogP contribution in [0.2, 0.25) is 0 Å². The summed E-state index contributed by atoms with van der Waals surface area (Å²) in [5.74, 6) is -0.640. The highest BCUT2D eigenvalue weighted by molar-refractivity contribution is 7.89. The Morgan fingerprint density at radius 1 is 1.48 bits per heavy atom. The Morgan fingerprint density at radius 3 is 2.71 bits per heavy atom. The number of rotatable bonds is 7. The van der Waals surface area contributed by atoms with Crippen LogP contribution in [-0.2, 0) is 19.6 Å². The van der Waals surface area contributed by atoms with Gasteiger partial charge in [-0.15, -0.1) is 0 Å². The van der Waals surface area contributed by atoms with E-state index in [1.807, 2.05) is 0 Å². The van der Waals surface area contributed by atoms with Crippen LogP contribution in [0.15, 0.2) is 23.1 Å². The summed E-state index contributed by atoms with van der Waals surface area (Å²) in [6.45, 7) is 0.318. The van der Waals surface area contributed by atoms with Gasteiger partial charge in [-0.25, -0.2) is 8.42 Å². The normalized spacial score (nSPS) is 11.6. The molecule has 0 unspecified atom stereocenters. The Labute approximate surface area is 123 Å². The first-order chi connectivity index (χ1) is 9.78. The smallest absolute Gasteiger partial charge is 0.243 e. The van der Waals surface area contributed by atoms with E-state index in [0.29, 0.717) is 13.2 Å².